The van der Waals surface area contributed by atoms with Gasteiger partial charge in [0.2, 0.25) is 0 Å². The molecule has 0 radical (unpaired) electrons. The van der Waals surface area contributed by atoms with Crippen molar-refractivity contribution in [1.29, 1.82) is 0 Å². The minimum absolute atomic E-state index is 0.712. The zero-order valence-corrected chi connectivity index (χ0v) is 10.1. The first-order valence-corrected chi connectivity index (χ1v) is 6.15. The van der Waals surface area contributed by atoms with Crippen LogP contribution < -0.4 is 10.5 Å². The zero-order valence-electron chi connectivity index (χ0n) is 9.27. The Hall–Kier alpha value is -1.48. The fourth-order valence-electron chi connectivity index (χ4n) is 1.46. The normalized spacial score (nSPS) is 10.3. The quantitative estimate of drug-likeness (QED) is 0.823. The maximum absolute atomic E-state index is 5.74. The molecule has 0 amide bonds. The number of aryl methyl sites for hydroxylation is 1. The zero-order chi connectivity index (χ0) is 11.4. The van der Waals surface area contributed by atoms with Gasteiger partial charge in [0.05, 0.1) is 6.61 Å². The third-order valence-corrected chi connectivity index (χ3v) is 3.37. The van der Waals surface area contributed by atoms with E-state index in [0.717, 1.165) is 23.4 Å². The second-order valence-corrected chi connectivity index (χ2v) is 4.73. The first kappa shape index (κ1) is 11.0. The third kappa shape index (κ3) is 2.76. The smallest absolute Gasteiger partial charge is 0.119 e. The van der Waals surface area contributed by atoms with E-state index in [1.165, 1.54) is 4.88 Å². The topological polar surface area (TPSA) is 35.2 Å². The minimum atomic E-state index is 0.712. The minimum Gasteiger partial charge on any atom is -0.493 e. The highest BCUT2D eigenvalue weighted by molar-refractivity contribution is 7.09. The van der Waals surface area contributed by atoms with Crippen LogP contribution in [0.3, 0.4) is 0 Å². The lowest BCUT2D eigenvalue weighted by atomic mass is 10.2. The number of rotatable bonds is 4. The molecule has 0 saturated heterocycles. The third-order valence-electron chi connectivity index (χ3n) is 2.44. The second-order valence-electron chi connectivity index (χ2n) is 3.70. The molecule has 2 nitrogen and oxygen atoms in total. The van der Waals surface area contributed by atoms with Crippen molar-refractivity contribution in [2.24, 2.45) is 0 Å². The Morgan fingerprint density at radius 3 is 2.88 bits per heavy atom. The van der Waals surface area contributed by atoms with Crippen molar-refractivity contribution in [2.45, 2.75) is 13.3 Å². The number of thiophene rings is 1. The van der Waals surface area contributed by atoms with Gasteiger partial charge in [0.25, 0.3) is 0 Å². The molecular weight excluding hydrogens is 218 g/mol. The molecule has 3 heteroatoms. The van der Waals surface area contributed by atoms with Gasteiger partial charge >= 0.3 is 0 Å². The molecule has 2 rings (SSSR count). The van der Waals surface area contributed by atoms with Crippen LogP contribution in [0.5, 0.6) is 5.75 Å². The first-order chi connectivity index (χ1) is 7.75. The molecule has 1 heterocycles. The summed E-state index contributed by atoms with van der Waals surface area (Å²) in [7, 11) is 0. The van der Waals surface area contributed by atoms with Gasteiger partial charge in [0.1, 0.15) is 5.75 Å². The van der Waals surface area contributed by atoms with Crippen LogP contribution in [0.1, 0.15) is 10.4 Å². The molecule has 1 aromatic heterocycles. The number of hydrogen-bond donors (Lipinski definition) is 1. The Morgan fingerprint density at radius 1 is 1.31 bits per heavy atom. The molecule has 84 valence electrons. The van der Waals surface area contributed by atoms with Gasteiger partial charge in [-0.2, -0.15) is 0 Å². The average molecular weight is 233 g/mol. The Balaban J connectivity index is 1.87. The molecule has 0 saturated carbocycles. The van der Waals surface area contributed by atoms with E-state index in [1.54, 1.807) is 11.3 Å². The maximum atomic E-state index is 5.74. The van der Waals surface area contributed by atoms with Gasteiger partial charge in [-0.3, -0.25) is 0 Å². The summed E-state index contributed by atoms with van der Waals surface area (Å²) in [6.45, 7) is 2.70. The van der Waals surface area contributed by atoms with Crippen LogP contribution in [0.15, 0.2) is 35.7 Å². The van der Waals surface area contributed by atoms with Gasteiger partial charge in [-0.25, -0.2) is 0 Å². The van der Waals surface area contributed by atoms with Crippen molar-refractivity contribution >= 4 is 17.0 Å². The van der Waals surface area contributed by atoms with Gasteiger partial charge < -0.3 is 10.5 Å². The summed E-state index contributed by atoms with van der Waals surface area (Å²) in [6.07, 6.45) is 0.959. The predicted molar refractivity (Wildman–Crippen MR) is 69.1 cm³/mol. The van der Waals surface area contributed by atoms with Gasteiger partial charge in [0, 0.05) is 17.0 Å². The number of hydrogen-bond acceptors (Lipinski definition) is 3. The van der Waals surface area contributed by atoms with E-state index >= 15 is 0 Å². The van der Waals surface area contributed by atoms with Crippen LogP contribution in [-0.4, -0.2) is 6.61 Å². The first-order valence-electron chi connectivity index (χ1n) is 5.27. The fraction of sp³-hybridized carbons (Fsp3) is 0.231. The number of nitrogens with two attached hydrogens (primary N) is 1. The monoisotopic (exact) mass is 233 g/mol. The molecule has 0 bridgehead atoms. The lowest BCUT2D eigenvalue weighted by Crippen LogP contribution is -2.00. The number of benzene rings is 1. The highest BCUT2D eigenvalue weighted by atomic mass is 32.1. The molecule has 1 aromatic carbocycles. The Bertz CT molecular complexity index is 451. The molecule has 0 fully saturated rings. The Kier molecular flexibility index (Phi) is 3.47. The fourth-order valence-corrected chi connectivity index (χ4v) is 2.15. The molecule has 16 heavy (non-hydrogen) atoms. The van der Waals surface area contributed by atoms with E-state index in [9.17, 15) is 0 Å². The van der Waals surface area contributed by atoms with E-state index in [2.05, 4.69) is 17.5 Å². The highest BCUT2D eigenvalue weighted by Gasteiger charge is 1.98. The summed E-state index contributed by atoms with van der Waals surface area (Å²) >= 11 is 1.76. The van der Waals surface area contributed by atoms with E-state index in [1.807, 2.05) is 25.1 Å². The van der Waals surface area contributed by atoms with Crippen LogP contribution in [0.2, 0.25) is 0 Å². The molecule has 2 N–H and O–H groups in total. The van der Waals surface area contributed by atoms with E-state index in [0.29, 0.717) is 6.61 Å². The lowest BCUT2D eigenvalue weighted by molar-refractivity contribution is 0.323. The molecular formula is C13H15NOS. The summed E-state index contributed by atoms with van der Waals surface area (Å²) in [4.78, 5) is 1.35. The van der Waals surface area contributed by atoms with Crippen molar-refractivity contribution in [3.8, 4) is 5.75 Å². The largest absolute Gasteiger partial charge is 0.493 e. The van der Waals surface area contributed by atoms with Crippen molar-refractivity contribution in [1.82, 2.24) is 0 Å². The Morgan fingerprint density at radius 2 is 2.19 bits per heavy atom. The average Bonchev–Trinajstić information content (AvgIpc) is 2.76. The van der Waals surface area contributed by atoms with Crippen LogP contribution in [-0.2, 0) is 6.42 Å². The summed E-state index contributed by atoms with van der Waals surface area (Å²) in [6, 6.07) is 9.96. The number of anilines is 1. The molecule has 0 spiro atoms. The number of ether oxygens (including phenoxy) is 1. The standard InChI is InChI=1S/C13H15NOS/c1-10-9-11(4-5-13(10)14)15-7-6-12-3-2-8-16-12/h2-5,8-9H,6-7,14H2,1H3. The number of nitrogen functional groups attached to an aromatic ring is 1. The molecule has 0 aliphatic carbocycles. The SMILES string of the molecule is Cc1cc(OCCc2cccs2)ccc1N. The molecule has 0 aliphatic heterocycles. The van der Waals surface area contributed by atoms with Crippen molar-refractivity contribution in [3.63, 3.8) is 0 Å². The highest BCUT2D eigenvalue weighted by Crippen LogP contribution is 2.19. The lowest BCUT2D eigenvalue weighted by Gasteiger charge is -2.07. The maximum Gasteiger partial charge on any atom is 0.119 e. The molecule has 0 aliphatic rings. The Labute approximate surface area is 99.7 Å². The van der Waals surface area contributed by atoms with Gasteiger partial charge in [-0.15, -0.1) is 11.3 Å². The summed E-state index contributed by atoms with van der Waals surface area (Å²) in [5.41, 5.74) is 7.61. The summed E-state index contributed by atoms with van der Waals surface area (Å²) < 4.78 is 5.67. The van der Waals surface area contributed by atoms with Gasteiger partial charge in [-0.1, -0.05) is 6.07 Å². The van der Waals surface area contributed by atoms with Crippen molar-refractivity contribution < 1.29 is 4.74 Å². The van der Waals surface area contributed by atoms with Crippen LogP contribution in [0.25, 0.3) is 0 Å². The summed E-state index contributed by atoms with van der Waals surface area (Å²) in [5.74, 6) is 0.892. The van der Waals surface area contributed by atoms with E-state index < -0.39 is 0 Å². The van der Waals surface area contributed by atoms with Crippen molar-refractivity contribution in [2.75, 3.05) is 12.3 Å². The molecule has 0 atom stereocenters. The van der Waals surface area contributed by atoms with Crippen LogP contribution in [0.4, 0.5) is 5.69 Å². The summed E-state index contributed by atoms with van der Waals surface area (Å²) in [5, 5.41) is 2.09. The van der Waals surface area contributed by atoms with E-state index in [4.69, 9.17) is 10.5 Å². The van der Waals surface area contributed by atoms with Gasteiger partial charge in [-0.05, 0) is 42.1 Å². The second kappa shape index (κ2) is 5.03. The van der Waals surface area contributed by atoms with Crippen LogP contribution in [0, 0.1) is 6.92 Å². The van der Waals surface area contributed by atoms with Crippen molar-refractivity contribution in [3.05, 3.63) is 46.2 Å². The van der Waals surface area contributed by atoms with Crippen LogP contribution >= 0.6 is 11.3 Å². The molecule has 0 unspecified atom stereocenters. The predicted octanol–water partition coefficient (Wildman–Crippen LogP) is 3.26. The molecule has 2 aromatic rings. The van der Waals surface area contributed by atoms with E-state index in [-0.39, 0.29) is 0 Å². The van der Waals surface area contributed by atoms with Gasteiger partial charge in [0.15, 0.2) is 0 Å².